The second-order valence-corrected chi connectivity index (χ2v) is 7.87. The molecule has 0 bridgehead atoms. The highest BCUT2D eigenvalue weighted by Gasteiger charge is 2.35. The van der Waals surface area contributed by atoms with Gasteiger partial charge in [-0.15, -0.1) is 11.3 Å². The van der Waals surface area contributed by atoms with E-state index in [4.69, 9.17) is 14.6 Å². The van der Waals surface area contributed by atoms with E-state index in [0.29, 0.717) is 24.6 Å². The Bertz CT molecular complexity index is 605. The van der Waals surface area contributed by atoms with Gasteiger partial charge in [-0.2, -0.15) is 0 Å². The molecule has 1 unspecified atom stereocenters. The number of hydrogen-bond donors (Lipinski definition) is 2. The van der Waals surface area contributed by atoms with E-state index in [0.717, 1.165) is 17.8 Å². The number of nitrogens with one attached hydrogen (secondary N) is 1. The number of ether oxygens (including phenoxy) is 2. The van der Waals surface area contributed by atoms with Crippen LogP contribution in [0, 0.1) is 0 Å². The van der Waals surface area contributed by atoms with Crippen LogP contribution in [-0.2, 0) is 30.7 Å². The van der Waals surface area contributed by atoms with Crippen LogP contribution in [0.2, 0.25) is 0 Å². The van der Waals surface area contributed by atoms with E-state index in [1.54, 1.807) is 13.2 Å². The zero-order chi connectivity index (χ0) is 15.5. The molecule has 21 heavy (non-hydrogen) atoms. The lowest BCUT2D eigenvalue weighted by atomic mass is 10.0. The van der Waals surface area contributed by atoms with Crippen LogP contribution in [-0.4, -0.2) is 46.8 Å². The second kappa shape index (κ2) is 6.41. The molecule has 7 nitrogen and oxygen atoms in total. The van der Waals surface area contributed by atoms with Gasteiger partial charge >= 0.3 is 0 Å². The third kappa shape index (κ3) is 4.24. The molecule has 1 aromatic heterocycles. The molecule has 0 aliphatic carbocycles. The molecule has 0 aromatic carbocycles. The lowest BCUT2D eigenvalue weighted by Gasteiger charge is -2.25. The Hall–Kier alpha value is -1.00. The van der Waals surface area contributed by atoms with Crippen molar-refractivity contribution in [3.63, 3.8) is 0 Å². The highest BCUT2D eigenvalue weighted by Crippen LogP contribution is 2.22. The molecule has 0 saturated carbocycles. The Morgan fingerprint density at radius 2 is 2.33 bits per heavy atom. The SMILES string of the molecule is COC1(CNC(=O)Cc2ccc(S(N)(=O)=O)s2)CCOC1. The van der Waals surface area contributed by atoms with Crippen LogP contribution in [0.25, 0.3) is 0 Å². The van der Waals surface area contributed by atoms with Crippen LogP contribution in [0.15, 0.2) is 16.3 Å². The number of nitrogens with two attached hydrogens (primary N) is 1. The summed E-state index contributed by atoms with van der Waals surface area (Å²) >= 11 is 1.00. The predicted octanol–water partition coefficient (Wildman–Crippen LogP) is -0.140. The van der Waals surface area contributed by atoms with E-state index in [9.17, 15) is 13.2 Å². The number of amides is 1. The van der Waals surface area contributed by atoms with Crippen molar-refractivity contribution in [3.05, 3.63) is 17.0 Å². The zero-order valence-corrected chi connectivity index (χ0v) is 13.3. The number of carbonyl (C=O) groups is 1. The minimum absolute atomic E-state index is 0.0582. The zero-order valence-electron chi connectivity index (χ0n) is 11.6. The maximum atomic E-state index is 11.9. The fraction of sp³-hybridized carbons (Fsp3) is 0.583. The molecule has 1 aliphatic heterocycles. The van der Waals surface area contributed by atoms with Crippen molar-refractivity contribution in [3.8, 4) is 0 Å². The molecule has 0 radical (unpaired) electrons. The minimum Gasteiger partial charge on any atom is -0.378 e. The smallest absolute Gasteiger partial charge is 0.247 e. The molecule has 1 fully saturated rings. The van der Waals surface area contributed by atoms with Gasteiger partial charge in [0.1, 0.15) is 9.81 Å². The number of rotatable bonds is 6. The predicted molar refractivity (Wildman–Crippen MR) is 77.6 cm³/mol. The molecule has 1 saturated heterocycles. The van der Waals surface area contributed by atoms with E-state index in [1.165, 1.54) is 6.07 Å². The van der Waals surface area contributed by atoms with Crippen LogP contribution in [0.5, 0.6) is 0 Å². The molecule has 3 N–H and O–H groups in total. The largest absolute Gasteiger partial charge is 0.378 e. The van der Waals surface area contributed by atoms with E-state index < -0.39 is 15.6 Å². The molecular weight excluding hydrogens is 316 g/mol. The van der Waals surface area contributed by atoms with Gasteiger partial charge in [0, 0.05) is 31.6 Å². The minimum atomic E-state index is -3.71. The number of thiophene rings is 1. The van der Waals surface area contributed by atoms with Gasteiger partial charge in [-0.25, -0.2) is 13.6 Å². The Balaban J connectivity index is 1.89. The van der Waals surface area contributed by atoms with Crippen LogP contribution in [0.3, 0.4) is 0 Å². The number of hydrogen-bond acceptors (Lipinski definition) is 6. The first kappa shape index (κ1) is 16.4. The first-order valence-electron chi connectivity index (χ1n) is 6.36. The summed E-state index contributed by atoms with van der Waals surface area (Å²) in [5, 5.41) is 7.82. The highest BCUT2D eigenvalue weighted by molar-refractivity contribution is 7.91. The maximum absolute atomic E-state index is 11.9. The summed E-state index contributed by atoms with van der Waals surface area (Å²) in [7, 11) is -2.11. The molecular formula is C12H18N2O5S2. The molecule has 1 aromatic rings. The third-order valence-corrected chi connectivity index (χ3v) is 5.88. The van der Waals surface area contributed by atoms with E-state index in [-0.39, 0.29) is 16.5 Å². The van der Waals surface area contributed by atoms with Crippen molar-refractivity contribution >= 4 is 27.3 Å². The average molecular weight is 334 g/mol. The summed E-state index contributed by atoms with van der Waals surface area (Å²) in [6, 6.07) is 3.00. The molecule has 1 aliphatic rings. The summed E-state index contributed by atoms with van der Waals surface area (Å²) in [4.78, 5) is 12.5. The number of primary sulfonamides is 1. The number of carbonyl (C=O) groups excluding carboxylic acids is 1. The van der Waals surface area contributed by atoms with E-state index in [1.807, 2.05) is 0 Å². The fourth-order valence-electron chi connectivity index (χ4n) is 2.05. The summed E-state index contributed by atoms with van der Waals surface area (Å²) in [6.45, 7) is 1.44. The number of methoxy groups -OCH3 is 1. The highest BCUT2D eigenvalue weighted by atomic mass is 32.2. The summed E-state index contributed by atoms with van der Waals surface area (Å²) in [5.41, 5.74) is -0.461. The maximum Gasteiger partial charge on any atom is 0.247 e. The molecule has 1 atom stereocenters. The van der Waals surface area contributed by atoms with Gasteiger partial charge in [-0.05, 0) is 12.1 Å². The monoisotopic (exact) mass is 334 g/mol. The van der Waals surface area contributed by atoms with E-state index >= 15 is 0 Å². The van der Waals surface area contributed by atoms with Crippen molar-refractivity contribution < 1.29 is 22.7 Å². The Kier molecular flexibility index (Phi) is 4.99. The third-order valence-electron chi connectivity index (χ3n) is 3.36. The molecule has 2 heterocycles. The lowest BCUT2D eigenvalue weighted by molar-refractivity contribution is -0.122. The Morgan fingerprint density at radius 3 is 2.86 bits per heavy atom. The summed E-state index contributed by atoms with van der Waals surface area (Å²) in [6.07, 6.45) is 0.846. The van der Waals surface area contributed by atoms with Crippen molar-refractivity contribution in [2.75, 3.05) is 26.9 Å². The van der Waals surface area contributed by atoms with Gasteiger partial charge in [0.25, 0.3) is 0 Å². The molecule has 1 amide bonds. The van der Waals surface area contributed by atoms with Crippen LogP contribution < -0.4 is 10.5 Å². The topological polar surface area (TPSA) is 108 Å². The van der Waals surface area contributed by atoms with Crippen LogP contribution >= 0.6 is 11.3 Å². The van der Waals surface area contributed by atoms with Gasteiger partial charge in [0.15, 0.2) is 0 Å². The van der Waals surface area contributed by atoms with Gasteiger partial charge in [-0.1, -0.05) is 0 Å². The second-order valence-electron chi connectivity index (χ2n) is 4.91. The number of sulfonamides is 1. The van der Waals surface area contributed by atoms with E-state index in [2.05, 4.69) is 5.32 Å². The van der Waals surface area contributed by atoms with Crippen molar-refractivity contribution in [2.24, 2.45) is 5.14 Å². The molecule has 9 heteroatoms. The average Bonchev–Trinajstić information content (AvgIpc) is 3.05. The van der Waals surface area contributed by atoms with Crippen molar-refractivity contribution in [1.29, 1.82) is 0 Å². The molecule has 2 rings (SSSR count). The summed E-state index contributed by atoms with van der Waals surface area (Å²) in [5.74, 6) is -0.193. The molecule has 0 spiro atoms. The van der Waals surface area contributed by atoms with Crippen molar-refractivity contribution in [2.45, 2.75) is 22.7 Å². The lowest BCUT2D eigenvalue weighted by Crippen LogP contribution is -2.45. The fourth-order valence-corrected chi connectivity index (χ4v) is 3.82. The van der Waals surface area contributed by atoms with Gasteiger partial charge in [0.2, 0.25) is 15.9 Å². The quantitative estimate of drug-likeness (QED) is 0.753. The van der Waals surface area contributed by atoms with Gasteiger partial charge in [0.05, 0.1) is 13.0 Å². The van der Waals surface area contributed by atoms with Crippen molar-refractivity contribution in [1.82, 2.24) is 5.32 Å². The summed E-state index contributed by atoms with van der Waals surface area (Å²) < 4.78 is 33.1. The standard InChI is InChI=1S/C12H18N2O5S2/c1-18-12(4-5-19-8-12)7-14-10(15)6-9-2-3-11(20-9)21(13,16)17/h2-3H,4-8H2,1H3,(H,14,15)(H2,13,16,17). The van der Waals surface area contributed by atoms with Gasteiger partial charge in [-0.3, -0.25) is 4.79 Å². The Labute approximate surface area is 127 Å². The van der Waals surface area contributed by atoms with Crippen LogP contribution in [0.1, 0.15) is 11.3 Å². The molecule has 118 valence electrons. The first-order valence-corrected chi connectivity index (χ1v) is 8.72. The Morgan fingerprint density at radius 1 is 1.57 bits per heavy atom. The normalized spacial score (nSPS) is 22.4. The van der Waals surface area contributed by atoms with Crippen LogP contribution in [0.4, 0.5) is 0 Å². The first-order chi connectivity index (χ1) is 9.85. The van der Waals surface area contributed by atoms with Gasteiger partial charge < -0.3 is 14.8 Å².